The molecule has 0 fully saturated rings. The van der Waals surface area contributed by atoms with Crippen molar-refractivity contribution in [3.05, 3.63) is 23.4 Å². The van der Waals surface area contributed by atoms with Gasteiger partial charge in [-0.15, -0.1) is 0 Å². The van der Waals surface area contributed by atoms with E-state index in [1.54, 1.807) is 4.90 Å². The number of hydrogen-bond acceptors (Lipinski definition) is 4. The molecule has 0 bridgehead atoms. The van der Waals surface area contributed by atoms with Gasteiger partial charge in [0.2, 0.25) is 0 Å². The highest BCUT2D eigenvalue weighted by molar-refractivity contribution is 5.68. The molecule has 0 aliphatic carbocycles. The normalized spacial score (nSPS) is 13.6. The van der Waals surface area contributed by atoms with Gasteiger partial charge >= 0.3 is 6.09 Å². The summed E-state index contributed by atoms with van der Waals surface area (Å²) in [4.78, 5) is 20.7. The molecule has 5 heteroatoms. The van der Waals surface area contributed by atoms with Crippen molar-refractivity contribution in [2.45, 2.75) is 53.6 Å². The number of fused-ring (bicyclic) bond motifs is 1. The molecule has 5 nitrogen and oxygen atoms in total. The number of rotatable bonds is 3. The highest BCUT2D eigenvalue weighted by Gasteiger charge is 2.21. The maximum Gasteiger partial charge on any atom is 0.410 e. The van der Waals surface area contributed by atoms with Crippen LogP contribution in [0.2, 0.25) is 0 Å². The summed E-state index contributed by atoms with van der Waals surface area (Å²) in [6.45, 7) is 12.2. The van der Waals surface area contributed by atoms with Crippen LogP contribution >= 0.6 is 0 Å². The quantitative estimate of drug-likeness (QED) is 0.854. The van der Waals surface area contributed by atoms with Gasteiger partial charge in [-0.3, -0.25) is 0 Å². The molecule has 0 spiro atoms. The third kappa shape index (κ3) is 5.41. The van der Waals surface area contributed by atoms with Crippen molar-refractivity contribution in [3.63, 3.8) is 0 Å². The molecule has 1 amide bonds. The van der Waals surface area contributed by atoms with Crippen molar-refractivity contribution >= 4 is 11.9 Å². The topological polar surface area (TPSA) is 45.7 Å². The van der Waals surface area contributed by atoms with Crippen LogP contribution in [0.4, 0.5) is 10.6 Å². The number of nitrogens with zero attached hydrogens (tertiary/aromatic N) is 3. The Balaban J connectivity index is 0.00000127. The van der Waals surface area contributed by atoms with Gasteiger partial charge in [-0.2, -0.15) is 0 Å². The van der Waals surface area contributed by atoms with Gasteiger partial charge in [-0.1, -0.05) is 19.9 Å². The van der Waals surface area contributed by atoms with Crippen molar-refractivity contribution < 1.29 is 9.53 Å². The van der Waals surface area contributed by atoms with Crippen LogP contribution in [0.1, 0.15) is 45.9 Å². The number of anilines is 1. The van der Waals surface area contributed by atoms with Crippen LogP contribution in [0, 0.1) is 0 Å². The monoisotopic (exact) mass is 321 g/mol. The smallest absolute Gasteiger partial charge is 0.410 e. The van der Waals surface area contributed by atoms with Gasteiger partial charge in [0, 0.05) is 38.8 Å². The number of hydrogen-bond donors (Lipinski definition) is 0. The van der Waals surface area contributed by atoms with Crippen LogP contribution in [-0.4, -0.2) is 48.8 Å². The Morgan fingerprint density at radius 1 is 1.30 bits per heavy atom. The van der Waals surface area contributed by atoms with Crippen LogP contribution in [0.25, 0.3) is 0 Å². The van der Waals surface area contributed by atoms with Crippen molar-refractivity contribution in [2.75, 3.05) is 31.6 Å². The van der Waals surface area contributed by atoms with E-state index in [2.05, 4.69) is 24.0 Å². The zero-order chi connectivity index (χ0) is 17.4. The van der Waals surface area contributed by atoms with Crippen molar-refractivity contribution in [1.29, 1.82) is 0 Å². The van der Waals surface area contributed by atoms with Gasteiger partial charge < -0.3 is 14.5 Å². The van der Waals surface area contributed by atoms with E-state index in [0.29, 0.717) is 13.1 Å². The van der Waals surface area contributed by atoms with E-state index in [1.807, 2.05) is 34.7 Å². The minimum absolute atomic E-state index is 0.0777. The molecule has 0 saturated heterocycles. The maximum absolute atomic E-state index is 12.0. The molecule has 130 valence electrons. The molecular formula is C18H31N3O2. The van der Waals surface area contributed by atoms with E-state index in [9.17, 15) is 4.79 Å². The maximum atomic E-state index is 12.0. The standard InChI is InChI=1S/C16H25N3O2.C2H6/c1-5-18(4)15-7-6-13-8-10-19(11-9-14(13)17-15)16(20)21-12(2)3;1-2/h6-7,12H,5,8-11H2,1-4H3;1-2H3. The largest absolute Gasteiger partial charge is 0.447 e. The number of amides is 1. The molecular weight excluding hydrogens is 290 g/mol. The third-order valence-electron chi connectivity index (χ3n) is 3.78. The SMILES string of the molecule is CC.CCN(C)c1ccc2c(n1)CCN(C(=O)OC(C)C)CC2. The average Bonchev–Trinajstić information content (AvgIpc) is 2.77. The van der Waals surface area contributed by atoms with Crippen LogP contribution in [0.15, 0.2) is 12.1 Å². The summed E-state index contributed by atoms with van der Waals surface area (Å²) in [5.74, 6) is 0.995. The Labute approximate surface area is 140 Å². The summed E-state index contributed by atoms with van der Waals surface area (Å²) >= 11 is 0. The summed E-state index contributed by atoms with van der Waals surface area (Å²) < 4.78 is 5.28. The van der Waals surface area contributed by atoms with Gasteiger partial charge in [0.25, 0.3) is 0 Å². The first-order chi connectivity index (χ1) is 11.0. The van der Waals surface area contributed by atoms with Crippen molar-refractivity contribution in [1.82, 2.24) is 9.88 Å². The number of ether oxygens (including phenoxy) is 1. The molecule has 0 radical (unpaired) electrons. The average molecular weight is 321 g/mol. The lowest BCUT2D eigenvalue weighted by Gasteiger charge is -2.21. The Hall–Kier alpha value is -1.78. The molecule has 1 aliphatic rings. The zero-order valence-corrected chi connectivity index (χ0v) is 15.4. The molecule has 2 rings (SSSR count). The van der Waals surface area contributed by atoms with Crippen LogP contribution < -0.4 is 4.90 Å². The van der Waals surface area contributed by atoms with Crippen LogP contribution in [0.3, 0.4) is 0 Å². The minimum Gasteiger partial charge on any atom is -0.447 e. The summed E-state index contributed by atoms with van der Waals surface area (Å²) in [6, 6.07) is 4.20. The van der Waals surface area contributed by atoms with Gasteiger partial charge in [0.1, 0.15) is 5.82 Å². The summed E-state index contributed by atoms with van der Waals surface area (Å²) in [5.41, 5.74) is 2.34. The predicted molar refractivity (Wildman–Crippen MR) is 95.1 cm³/mol. The van der Waals surface area contributed by atoms with Crippen LogP contribution in [-0.2, 0) is 17.6 Å². The van der Waals surface area contributed by atoms with Gasteiger partial charge in [-0.25, -0.2) is 9.78 Å². The number of pyridine rings is 1. The van der Waals surface area contributed by atoms with E-state index >= 15 is 0 Å². The highest BCUT2D eigenvalue weighted by atomic mass is 16.6. The first-order valence-electron chi connectivity index (χ1n) is 8.66. The first kappa shape index (κ1) is 19.3. The molecule has 23 heavy (non-hydrogen) atoms. The third-order valence-corrected chi connectivity index (χ3v) is 3.78. The van der Waals surface area contributed by atoms with Gasteiger partial charge in [0.15, 0.2) is 0 Å². The van der Waals surface area contributed by atoms with E-state index in [-0.39, 0.29) is 12.2 Å². The molecule has 2 heterocycles. The fourth-order valence-electron chi connectivity index (χ4n) is 2.40. The Bertz CT molecular complexity index is 503. The number of aromatic nitrogens is 1. The molecule has 0 atom stereocenters. The second-order valence-corrected chi connectivity index (χ2v) is 5.71. The lowest BCUT2D eigenvalue weighted by Crippen LogP contribution is -2.35. The predicted octanol–water partition coefficient (Wildman–Crippen LogP) is 3.51. The van der Waals surface area contributed by atoms with Gasteiger partial charge in [0.05, 0.1) is 6.10 Å². The summed E-state index contributed by atoms with van der Waals surface area (Å²) in [7, 11) is 2.04. The summed E-state index contributed by atoms with van der Waals surface area (Å²) in [6.07, 6.45) is 1.33. The highest BCUT2D eigenvalue weighted by Crippen LogP contribution is 2.19. The van der Waals surface area contributed by atoms with E-state index in [1.165, 1.54) is 5.56 Å². The number of carbonyl (C=O) groups is 1. The fraction of sp³-hybridized carbons (Fsp3) is 0.667. The molecule has 0 N–H and O–H groups in total. The Morgan fingerprint density at radius 3 is 2.57 bits per heavy atom. The fourth-order valence-corrected chi connectivity index (χ4v) is 2.40. The van der Waals surface area contributed by atoms with E-state index in [4.69, 9.17) is 9.72 Å². The van der Waals surface area contributed by atoms with Gasteiger partial charge in [-0.05, 0) is 38.8 Å². The second kappa shape index (κ2) is 9.38. The Kier molecular flexibility index (Phi) is 7.86. The molecule has 0 saturated carbocycles. The first-order valence-corrected chi connectivity index (χ1v) is 8.66. The van der Waals surface area contributed by atoms with E-state index < -0.39 is 0 Å². The Morgan fingerprint density at radius 2 is 1.96 bits per heavy atom. The second-order valence-electron chi connectivity index (χ2n) is 5.71. The lowest BCUT2D eigenvalue weighted by atomic mass is 10.1. The van der Waals surface area contributed by atoms with Crippen LogP contribution in [0.5, 0.6) is 0 Å². The van der Waals surface area contributed by atoms with Crippen molar-refractivity contribution in [3.8, 4) is 0 Å². The minimum atomic E-state index is -0.219. The molecule has 1 aromatic heterocycles. The zero-order valence-electron chi connectivity index (χ0n) is 15.4. The summed E-state index contributed by atoms with van der Waals surface area (Å²) in [5, 5.41) is 0. The molecule has 1 aromatic rings. The number of carbonyl (C=O) groups excluding carboxylic acids is 1. The molecule has 1 aliphatic heterocycles. The molecule has 0 aromatic carbocycles. The lowest BCUT2D eigenvalue weighted by molar-refractivity contribution is 0.0781. The van der Waals surface area contributed by atoms with Crippen molar-refractivity contribution in [2.24, 2.45) is 0 Å². The molecule has 0 unspecified atom stereocenters. The van der Waals surface area contributed by atoms with E-state index in [0.717, 1.165) is 30.9 Å².